The first-order chi connectivity index (χ1) is 16.8. The summed E-state index contributed by atoms with van der Waals surface area (Å²) in [6.45, 7) is 2.63. The zero-order valence-corrected chi connectivity index (χ0v) is 20.9. The summed E-state index contributed by atoms with van der Waals surface area (Å²) in [7, 11) is -0.677. The molecule has 0 aliphatic carbocycles. The van der Waals surface area contributed by atoms with E-state index in [9.17, 15) is 13.2 Å². The molecule has 3 aromatic carbocycles. The Morgan fingerprint density at radius 3 is 2.31 bits per heavy atom. The van der Waals surface area contributed by atoms with Crippen LogP contribution in [0.5, 0.6) is 0 Å². The summed E-state index contributed by atoms with van der Waals surface area (Å²) in [5.74, 6) is -0.318. The van der Waals surface area contributed by atoms with Gasteiger partial charge in [0, 0.05) is 56.5 Å². The first kappa shape index (κ1) is 23.4. The van der Waals surface area contributed by atoms with Gasteiger partial charge in [-0.3, -0.25) is 4.79 Å². The molecule has 0 atom stereocenters. The average Bonchev–Trinajstić information content (AvgIpc) is 3.54. The van der Waals surface area contributed by atoms with Crippen molar-refractivity contribution in [2.75, 3.05) is 48.8 Å². The SMILES string of the molecule is CN(C)S(=O)(=O)c1ccc(N2CCCC2)c(C(=O)Nc2ccc(N3CCc4ccccc43)cc2)c1. The second kappa shape index (κ2) is 9.36. The van der Waals surface area contributed by atoms with E-state index in [2.05, 4.69) is 33.3 Å². The number of sulfonamides is 1. The van der Waals surface area contributed by atoms with Gasteiger partial charge in [0.05, 0.1) is 10.5 Å². The van der Waals surface area contributed by atoms with Crippen LogP contribution in [0.4, 0.5) is 22.7 Å². The lowest BCUT2D eigenvalue weighted by Crippen LogP contribution is -2.25. The predicted octanol–water partition coefficient (Wildman–Crippen LogP) is 4.48. The number of hydrogen-bond donors (Lipinski definition) is 1. The molecule has 8 heteroatoms. The van der Waals surface area contributed by atoms with E-state index < -0.39 is 10.0 Å². The number of nitrogens with one attached hydrogen (secondary N) is 1. The normalized spacial score (nSPS) is 15.5. The van der Waals surface area contributed by atoms with Gasteiger partial charge in [0.25, 0.3) is 5.91 Å². The Labute approximate surface area is 207 Å². The molecule has 1 N–H and O–H groups in total. The Balaban J connectivity index is 1.41. The highest BCUT2D eigenvalue weighted by molar-refractivity contribution is 7.89. The van der Waals surface area contributed by atoms with Crippen LogP contribution in [0.1, 0.15) is 28.8 Å². The van der Waals surface area contributed by atoms with Crippen molar-refractivity contribution in [1.82, 2.24) is 4.31 Å². The van der Waals surface area contributed by atoms with E-state index in [1.165, 1.54) is 31.4 Å². The van der Waals surface area contributed by atoms with E-state index in [4.69, 9.17) is 0 Å². The van der Waals surface area contributed by atoms with Crippen molar-refractivity contribution in [2.45, 2.75) is 24.2 Å². The fourth-order valence-corrected chi connectivity index (χ4v) is 5.76. The number of hydrogen-bond acceptors (Lipinski definition) is 5. The molecular weight excluding hydrogens is 460 g/mol. The van der Waals surface area contributed by atoms with Crippen molar-refractivity contribution in [3.8, 4) is 0 Å². The van der Waals surface area contributed by atoms with E-state index in [1.807, 2.05) is 30.3 Å². The van der Waals surface area contributed by atoms with Gasteiger partial charge in [0.1, 0.15) is 0 Å². The van der Waals surface area contributed by atoms with Crippen molar-refractivity contribution < 1.29 is 13.2 Å². The van der Waals surface area contributed by atoms with Gasteiger partial charge in [-0.05, 0) is 73.4 Å². The number of rotatable bonds is 6. The molecule has 1 fully saturated rings. The summed E-state index contributed by atoms with van der Waals surface area (Å²) >= 11 is 0. The lowest BCUT2D eigenvalue weighted by Gasteiger charge is -2.23. The summed E-state index contributed by atoms with van der Waals surface area (Å²) in [5, 5.41) is 2.97. The van der Waals surface area contributed by atoms with Crippen molar-refractivity contribution in [3.05, 3.63) is 77.9 Å². The van der Waals surface area contributed by atoms with E-state index in [0.717, 1.165) is 54.6 Å². The van der Waals surface area contributed by atoms with E-state index in [0.29, 0.717) is 11.3 Å². The number of carbonyl (C=O) groups excluding carboxylic acids is 1. The topological polar surface area (TPSA) is 73.0 Å². The molecule has 0 bridgehead atoms. The van der Waals surface area contributed by atoms with Gasteiger partial charge < -0.3 is 15.1 Å². The van der Waals surface area contributed by atoms with Crippen LogP contribution in [0.15, 0.2) is 71.6 Å². The zero-order chi connectivity index (χ0) is 24.6. The molecule has 2 aliphatic rings. The van der Waals surface area contributed by atoms with Crippen LogP contribution in [-0.2, 0) is 16.4 Å². The van der Waals surface area contributed by atoms with Crippen LogP contribution in [0, 0.1) is 0 Å². The molecule has 0 aromatic heterocycles. The minimum Gasteiger partial charge on any atom is -0.371 e. The highest BCUT2D eigenvalue weighted by Gasteiger charge is 2.25. The van der Waals surface area contributed by atoms with Crippen LogP contribution in [-0.4, -0.2) is 52.4 Å². The van der Waals surface area contributed by atoms with Crippen LogP contribution >= 0.6 is 0 Å². The Bertz CT molecular complexity index is 1350. The summed E-state index contributed by atoms with van der Waals surface area (Å²) in [4.78, 5) is 17.9. The average molecular weight is 491 g/mol. The third-order valence-corrected chi connectivity index (χ3v) is 8.57. The van der Waals surface area contributed by atoms with Gasteiger partial charge in [0.2, 0.25) is 10.0 Å². The number of carbonyl (C=O) groups is 1. The number of amides is 1. The Morgan fingerprint density at radius 2 is 1.60 bits per heavy atom. The molecule has 5 rings (SSSR count). The predicted molar refractivity (Wildman–Crippen MR) is 140 cm³/mol. The fraction of sp³-hybridized carbons (Fsp3) is 0.296. The summed E-state index contributed by atoms with van der Waals surface area (Å²) in [5.41, 5.74) is 5.44. The molecular formula is C27H30N4O3S. The van der Waals surface area contributed by atoms with Crippen molar-refractivity contribution in [2.24, 2.45) is 0 Å². The lowest BCUT2D eigenvalue weighted by atomic mass is 10.1. The molecule has 7 nitrogen and oxygen atoms in total. The van der Waals surface area contributed by atoms with Gasteiger partial charge in [-0.2, -0.15) is 0 Å². The molecule has 2 heterocycles. The quantitative estimate of drug-likeness (QED) is 0.552. The van der Waals surface area contributed by atoms with Gasteiger partial charge in [-0.1, -0.05) is 18.2 Å². The van der Waals surface area contributed by atoms with E-state index in [1.54, 1.807) is 12.1 Å². The lowest BCUT2D eigenvalue weighted by molar-refractivity contribution is 0.102. The summed E-state index contributed by atoms with van der Waals surface area (Å²) in [6, 6.07) is 21.0. The monoisotopic (exact) mass is 490 g/mol. The fourth-order valence-electron chi connectivity index (χ4n) is 4.83. The van der Waals surface area contributed by atoms with Gasteiger partial charge >= 0.3 is 0 Å². The molecule has 35 heavy (non-hydrogen) atoms. The second-order valence-electron chi connectivity index (χ2n) is 9.19. The van der Waals surface area contributed by atoms with Crippen LogP contribution < -0.4 is 15.1 Å². The van der Waals surface area contributed by atoms with Crippen LogP contribution in [0.25, 0.3) is 0 Å². The standard InChI is InChI=1S/C27H30N4O3S/c1-29(2)35(33,34)23-13-14-26(30-16-5-6-17-30)24(19-23)27(32)28-21-9-11-22(12-10-21)31-18-15-20-7-3-4-8-25(20)31/h3-4,7-14,19H,5-6,15-18H2,1-2H3,(H,28,32). The number of benzene rings is 3. The molecule has 2 aliphatic heterocycles. The first-order valence-corrected chi connectivity index (χ1v) is 13.4. The smallest absolute Gasteiger partial charge is 0.257 e. The van der Waals surface area contributed by atoms with E-state index in [-0.39, 0.29) is 10.8 Å². The van der Waals surface area contributed by atoms with Crippen LogP contribution in [0.3, 0.4) is 0 Å². The molecule has 182 valence electrons. The Morgan fingerprint density at radius 1 is 0.886 bits per heavy atom. The maximum absolute atomic E-state index is 13.4. The van der Waals surface area contributed by atoms with Gasteiger partial charge in [0.15, 0.2) is 0 Å². The Hall–Kier alpha value is -3.36. The number of anilines is 4. The molecule has 0 spiro atoms. The molecule has 1 amide bonds. The maximum Gasteiger partial charge on any atom is 0.257 e. The van der Waals surface area contributed by atoms with Crippen LogP contribution in [0.2, 0.25) is 0 Å². The largest absolute Gasteiger partial charge is 0.371 e. The van der Waals surface area contributed by atoms with E-state index >= 15 is 0 Å². The second-order valence-corrected chi connectivity index (χ2v) is 11.3. The van der Waals surface area contributed by atoms with Crippen molar-refractivity contribution in [1.29, 1.82) is 0 Å². The number of fused-ring (bicyclic) bond motifs is 1. The summed E-state index contributed by atoms with van der Waals surface area (Å²) in [6.07, 6.45) is 3.12. The highest BCUT2D eigenvalue weighted by Crippen LogP contribution is 2.35. The maximum atomic E-state index is 13.4. The number of nitrogens with zero attached hydrogens (tertiary/aromatic N) is 3. The summed E-state index contributed by atoms with van der Waals surface area (Å²) < 4.78 is 26.6. The molecule has 0 unspecified atom stereocenters. The highest BCUT2D eigenvalue weighted by atomic mass is 32.2. The molecule has 3 aromatic rings. The minimum absolute atomic E-state index is 0.110. The number of para-hydroxylation sites is 1. The van der Waals surface area contributed by atoms with Crippen molar-refractivity contribution in [3.63, 3.8) is 0 Å². The Kier molecular flexibility index (Phi) is 6.25. The van der Waals surface area contributed by atoms with Gasteiger partial charge in [-0.15, -0.1) is 0 Å². The molecule has 0 saturated carbocycles. The van der Waals surface area contributed by atoms with Gasteiger partial charge in [-0.25, -0.2) is 12.7 Å². The van der Waals surface area contributed by atoms with Crippen molar-refractivity contribution >= 4 is 38.7 Å². The third-order valence-electron chi connectivity index (χ3n) is 6.76. The third kappa shape index (κ3) is 4.51. The first-order valence-electron chi connectivity index (χ1n) is 11.9. The molecule has 0 radical (unpaired) electrons. The molecule has 1 saturated heterocycles. The zero-order valence-electron chi connectivity index (χ0n) is 20.1. The minimum atomic E-state index is -3.66.